The van der Waals surface area contributed by atoms with Crippen molar-refractivity contribution in [3.05, 3.63) is 29.8 Å². The smallest absolute Gasteiger partial charge is 0.317 e. The number of nitrogens with zero attached hydrogens (tertiary/aromatic N) is 1. The highest BCUT2D eigenvalue weighted by molar-refractivity contribution is 5.74. The number of carbonyl (C=O) groups is 1. The first-order valence-corrected chi connectivity index (χ1v) is 5.45. The van der Waals surface area contributed by atoms with Crippen molar-refractivity contribution in [1.29, 1.82) is 0 Å². The van der Waals surface area contributed by atoms with Crippen LogP contribution in [-0.4, -0.2) is 31.1 Å². The highest BCUT2D eigenvalue weighted by atomic mass is 16.5. The number of ether oxygens (including phenoxy) is 1. The van der Waals surface area contributed by atoms with Crippen molar-refractivity contribution in [2.75, 3.05) is 20.2 Å². The number of nitrogens with one attached hydrogen (secondary N) is 1. The van der Waals surface area contributed by atoms with Gasteiger partial charge in [-0.3, -0.25) is 0 Å². The zero-order valence-corrected chi connectivity index (χ0v) is 9.40. The summed E-state index contributed by atoms with van der Waals surface area (Å²) in [4.78, 5) is 13.4. The van der Waals surface area contributed by atoms with Crippen molar-refractivity contribution in [2.24, 2.45) is 0 Å². The topological polar surface area (TPSA) is 41.6 Å². The lowest BCUT2D eigenvalue weighted by Crippen LogP contribution is -2.45. The molecule has 4 nitrogen and oxygen atoms in total. The van der Waals surface area contributed by atoms with Gasteiger partial charge in [0.15, 0.2) is 0 Å². The van der Waals surface area contributed by atoms with E-state index in [1.54, 1.807) is 7.11 Å². The van der Waals surface area contributed by atoms with Crippen molar-refractivity contribution in [2.45, 2.75) is 13.0 Å². The van der Waals surface area contributed by atoms with E-state index in [2.05, 4.69) is 5.32 Å². The van der Waals surface area contributed by atoms with Crippen molar-refractivity contribution < 1.29 is 9.53 Å². The second kappa shape index (κ2) is 4.88. The molecule has 0 radical (unpaired) electrons. The Kier molecular flexibility index (Phi) is 3.29. The molecule has 2 rings (SSSR count). The molecular formula is C12H16N2O2. The lowest BCUT2D eigenvalue weighted by molar-refractivity contribution is 0.183. The van der Waals surface area contributed by atoms with Gasteiger partial charge >= 0.3 is 6.03 Å². The molecule has 1 aromatic rings. The van der Waals surface area contributed by atoms with E-state index < -0.39 is 0 Å². The third kappa shape index (κ3) is 2.45. The average molecular weight is 220 g/mol. The van der Waals surface area contributed by atoms with E-state index in [9.17, 15) is 4.79 Å². The Labute approximate surface area is 95.2 Å². The van der Waals surface area contributed by atoms with Crippen molar-refractivity contribution in [3.63, 3.8) is 0 Å². The molecule has 16 heavy (non-hydrogen) atoms. The standard InChI is InChI=1S/C12H16N2O2/c1-16-11-5-2-4-10(8-11)9-14-7-3-6-13-12(14)15/h2,4-5,8H,3,6-7,9H2,1H3,(H,13,15). The number of benzene rings is 1. The first kappa shape index (κ1) is 10.8. The van der Waals surface area contributed by atoms with Gasteiger partial charge in [0.25, 0.3) is 0 Å². The zero-order chi connectivity index (χ0) is 11.4. The Morgan fingerprint density at radius 2 is 2.38 bits per heavy atom. The molecule has 1 heterocycles. The maximum Gasteiger partial charge on any atom is 0.317 e. The Bertz CT molecular complexity index is 379. The second-order valence-corrected chi connectivity index (χ2v) is 3.86. The highest BCUT2D eigenvalue weighted by Crippen LogP contribution is 2.15. The molecule has 1 fully saturated rings. The largest absolute Gasteiger partial charge is 0.497 e. The average Bonchev–Trinajstić information content (AvgIpc) is 2.32. The quantitative estimate of drug-likeness (QED) is 0.840. The third-order valence-corrected chi connectivity index (χ3v) is 2.68. The molecule has 0 saturated carbocycles. The molecule has 86 valence electrons. The van der Waals surface area contributed by atoms with Gasteiger partial charge in [-0.25, -0.2) is 4.79 Å². The van der Waals surface area contributed by atoms with E-state index in [1.165, 1.54) is 0 Å². The SMILES string of the molecule is COc1cccc(CN2CCCNC2=O)c1. The number of carbonyl (C=O) groups excluding carboxylic acids is 1. The van der Waals surface area contributed by atoms with Crippen LogP contribution in [0, 0.1) is 0 Å². The Hall–Kier alpha value is -1.71. The van der Waals surface area contributed by atoms with Crippen LogP contribution < -0.4 is 10.1 Å². The van der Waals surface area contributed by atoms with Gasteiger partial charge in [-0.15, -0.1) is 0 Å². The summed E-state index contributed by atoms with van der Waals surface area (Å²) in [5, 5.41) is 2.84. The van der Waals surface area contributed by atoms with E-state index in [4.69, 9.17) is 4.74 Å². The van der Waals surface area contributed by atoms with E-state index in [-0.39, 0.29) is 6.03 Å². The van der Waals surface area contributed by atoms with Crippen LogP contribution in [-0.2, 0) is 6.54 Å². The summed E-state index contributed by atoms with van der Waals surface area (Å²) in [5.74, 6) is 0.829. The van der Waals surface area contributed by atoms with E-state index >= 15 is 0 Å². The molecule has 0 atom stereocenters. The third-order valence-electron chi connectivity index (χ3n) is 2.68. The summed E-state index contributed by atoms with van der Waals surface area (Å²) in [6, 6.07) is 7.83. The van der Waals surface area contributed by atoms with Gasteiger partial charge < -0.3 is 15.0 Å². The molecule has 0 aliphatic carbocycles. The maximum absolute atomic E-state index is 11.5. The molecule has 0 aromatic heterocycles. The van der Waals surface area contributed by atoms with Gasteiger partial charge in [0.2, 0.25) is 0 Å². The zero-order valence-electron chi connectivity index (χ0n) is 9.40. The molecule has 0 unspecified atom stereocenters. The van der Waals surface area contributed by atoms with E-state index in [0.29, 0.717) is 6.54 Å². The predicted octanol–water partition coefficient (Wildman–Crippen LogP) is 1.61. The molecule has 2 amide bonds. The number of methoxy groups -OCH3 is 1. The number of hydrogen-bond acceptors (Lipinski definition) is 2. The summed E-state index contributed by atoms with van der Waals surface area (Å²) < 4.78 is 5.15. The summed E-state index contributed by atoms with van der Waals surface area (Å²) >= 11 is 0. The minimum atomic E-state index is 0.0223. The first-order chi connectivity index (χ1) is 7.79. The van der Waals surface area contributed by atoms with Crippen LogP contribution in [0.5, 0.6) is 5.75 Å². The molecule has 1 saturated heterocycles. The van der Waals surface area contributed by atoms with E-state index in [0.717, 1.165) is 30.8 Å². The summed E-state index contributed by atoms with van der Waals surface area (Å²) in [5.41, 5.74) is 1.09. The number of hydrogen-bond donors (Lipinski definition) is 1. The maximum atomic E-state index is 11.5. The Balaban J connectivity index is 2.04. The Morgan fingerprint density at radius 1 is 1.50 bits per heavy atom. The van der Waals surface area contributed by atoms with Crippen LogP contribution in [0.4, 0.5) is 4.79 Å². The molecule has 1 aliphatic rings. The fraction of sp³-hybridized carbons (Fsp3) is 0.417. The van der Waals surface area contributed by atoms with Gasteiger partial charge in [0, 0.05) is 19.6 Å². The van der Waals surface area contributed by atoms with Crippen LogP contribution in [0.15, 0.2) is 24.3 Å². The molecular weight excluding hydrogens is 204 g/mol. The monoisotopic (exact) mass is 220 g/mol. The molecule has 0 spiro atoms. The lowest BCUT2D eigenvalue weighted by atomic mass is 10.2. The summed E-state index contributed by atoms with van der Waals surface area (Å²) in [6.45, 7) is 2.25. The molecule has 0 bridgehead atoms. The highest BCUT2D eigenvalue weighted by Gasteiger charge is 2.17. The lowest BCUT2D eigenvalue weighted by Gasteiger charge is -2.27. The Morgan fingerprint density at radius 3 is 3.12 bits per heavy atom. The minimum Gasteiger partial charge on any atom is -0.497 e. The van der Waals surface area contributed by atoms with Crippen LogP contribution in [0.1, 0.15) is 12.0 Å². The van der Waals surface area contributed by atoms with Crippen LogP contribution in [0.3, 0.4) is 0 Å². The molecule has 1 aliphatic heterocycles. The second-order valence-electron chi connectivity index (χ2n) is 3.86. The summed E-state index contributed by atoms with van der Waals surface area (Å²) in [6.07, 6.45) is 1.01. The molecule has 1 aromatic carbocycles. The minimum absolute atomic E-state index is 0.0223. The fourth-order valence-electron chi connectivity index (χ4n) is 1.82. The molecule has 1 N–H and O–H groups in total. The first-order valence-electron chi connectivity index (χ1n) is 5.45. The van der Waals surface area contributed by atoms with Crippen molar-refractivity contribution >= 4 is 6.03 Å². The van der Waals surface area contributed by atoms with Gasteiger partial charge in [-0.1, -0.05) is 12.1 Å². The number of urea groups is 1. The van der Waals surface area contributed by atoms with Crippen LogP contribution >= 0.6 is 0 Å². The summed E-state index contributed by atoms with van der Waals surface area (Å²) in [7, 11) is 1.65. The van der Waals surface area contributed by atoms with Crippen LogP contribution in [0.25, 0.3) is 0 Å². The normalized spacial score (nSPS) is 15.8. The van der Waals surface area contributed by atoms with Gasteiger partial charge in [-0.2, -0.15) is 0 Å². The van der Waals surface area contributed by atoms with Crippen molar-refractivity contribution in [1.82, 2.24) is 10.2 Å². The number of amides is 2. The van der Waals surface area contributed by atoms with Crippen molar-refractivity contribution in [3.8, 4) is 5.75 Å². The van der Waals surface area contributed by atoms with Gasteiger partial charge in [-0.05, 0) is 24.1 Å². The van der Waals surface area contributed by atoms with E-state index in [1.807, 2.05) is 29.2 Å². The number of rotatable bonds is 3. The van der Waals surface area contributed by atoms with Gasteiger partial charge in [0.1, 0.15) is 5.75 Å². The van der Waals surface area contributed by atoms with Gasteiger partial charge in [0.05, 0.1) is 7.11 Å². The predicted molar refractivity (Wildman–Crippen MR) is 61.4 cm³/mol. The fourth-order valence-corrected chi connectivity index (χ4v) is 1.82. The molecule has 4 heteroatoms. The van der Waals surface area contributed by atoms with Crippen LogP contribution in [0.2, 0.25) is 0 Å².